The molecular weight excluding hydrogens is 876 g/mol. The molecule has 1 unspecified atom stereocenters. The minimum absolute atomic E-state index is 0.167. The molecule has 12 nitrogen and oxygen atoms in total. The molecule has 2 aromatic heterocycles. The summed E-state index contributed by atoms with van der Waals surface area (Å²) >= 11 is 0. The maximum atomic E-state index is 13.3. The fraction of sp³-hybridized carbons (Fsp3) is 0.709. The monoisotopic (exact) mass is 967 g/mol. The zero-order chi connectivity index (χ0) is 48.9. The number of rotatable bonds is 43. The molecular formula is C55H91N4O8P. The number of ether oxygens (including phenoxy) is 2. The van der Waals surface area contributed by atoms with Crippen molar-refractivity contribution in [2.24, 2.45) is 0 Å². The van der Waals surface area contributed by atoms with Gasteiger partial charge in [0.05, 0.1) is 24.2 Å². The lowest BCUT2D eigenvalue weighted by Crippen LogP contribution is -2.29. The Kier molecular flexibility index (Phi) is 32.2. The van der Waals surface area contributed by atoms with Gasteiger partial charge in [0, 0.05) is 31.2 Å². The molecule has 13 heteroatoms. The summed E-state index contributed by atoms with van der Waals surface area (Å²) < 4.78 is 37.3. The minimum Gasteiger partial charge on any atom is -0.462 e. The molecule has 0 spiro atoms. The second kappa shape index (κ2) is 37.3. The van der Waals surface area contributed by atoms with Crippen LogP contribution in [0.25, 0.3) is 21.9 Å². The summed E-state index contributed by atoms with van der Waals surface area (Å²) in [5.74, 6) is 0.231. The van der Waals surface area contributed by atoms with Crippen molar-refractivity contribution in [3.05, 3.63) is 54.4 Å². The van der Waals surface area contributed by atoms with E-state index in [-0.39, 0.29) is 32.6 Å². The maximum Gasteiger partial charge on any atom is 0.472 e. The van der Waals surface area contributed by atoms with E-state index in [4.69, 9.17) is 29.2 Å². The Bertz CT molecular complexity index is 1920. The van der Waals surface area contributed by atoms with Gasteiger partial charge in [-0.3, -0.25) is 18.6 Å². The largest absolute Gasteiger partial charge is 0.472 e. The summed E-state index contributed by atoms with van der Waals surface area (Å²) in [6.45, 7) is 5.88. The second-order valence-electron chi connectivity index (χ2n) is 18.6. The van der Waals surface area contributed by atoms with Crippen molar-refractivity contribution in [1.29, 1.82) is 0 Å². The van der Waals surface area contributed by atoms with E-state index in [1.165, 1.54) is 83.5 Å². The number of phosphoric acid groups is 1. The molecule has 3 N–H and O–H groups in total. The highest BCUT2D eigenvalue weighted by molar-refractivity contribution is 7.47. The number of anilines is 1. The van der Waals surface area contributed by atoms with Gasteiger partial charge in [-0.05, 0) is 76.7 Å². The number of aromatic nitrogens is 3. The molecule has 0 bridgehead atoms. The van der Waals surface area contributed by atoms with E-state index in [2.05, 4.69) is 50.1 Å². The highest BCUT2D eigenvalue weighted by Crippen LogP contribution is 2.43. The highest BCUT2D eigenvalue weighted by atomic mass is 31.2. The third kappa shape index (κ3) is 25.9. The first kappa shape index (κ1) is 58.7. The van der Waals surface area contributed by atoms with Crippen LogP contribution in [0.15, 0.2) is 48.6 Å². The van der Waals surface area contributed by atoms with Gasteiger partial charge in [-0.2, -0.15) is 0 Å². The Labute approximate surface area is 410 Å². The third-order valence-corrected chi connectivity index (χ3v) is 13.4. The molecule has 68 heavy (non-hydrogen) atoms. The topological polar surface area (TPSA) is 165 Å². The normalized spacial score (nSPS) is 13.3. The van der Waals surface area contributed by atoms with E-state index in [0.717, 1.165) is 106 Å². The van der Waals surface area contributed by atoms with Crippen LogP contribution in [0, 0.1) is 0 Å². The van der Waals surface area contributed by atoms with Crippen molar-refractivity contribution in [1.82, 2.24) is 14.5 Å². The zero-order valence-electron chi connectivity index (χ0n) is 42.6. The van der Waals surface area contributed by atoms with Crippen molar-refractivity contribution in [2.45, 2.75) is 232 Å². The molecule has 0 aliphatic carbocycles. The quantitative estimate of drug-likeness (QED) is 0.0240. The molecule has 0 amide bonds. The Hall–Kier alpha value is -3.57. The summed E-state index contributed by atoms with van der Waals surface area (Å²) in [5, 5.41) is 0.869. The number of unbranched alkanes of at least 4 members (excludes halogenated alkanes) is 23. The van der Waals surface area contributed by atoms with Gasteiger partial charge in [0.15, 0.2) is 11.9 Å². The first-order valence-corrected chi connectivity index (χ1v) is 28.5. The van der Waals surface area contributed by atoms with Crippen molar-refractivity contribution < 1.29 is 37.6 Å². The molecule has 3 aromatic rings. The van der Waals surface area contributed by atoms with Gasteiger partial charge in [0.25, 0.3) is 0 Å². The zero-order valence-corrected chi connectivity index (χ0v) is 43.5. The number of allylic oxidation sites excluding steroid dienone is 4. The predicted molar refractivity (Wildman–Crippen MR) is 280 cm³/mol. The molecule has 2 atom stereocenters. The van der Waals surface area contributed by atoms with Crippen LogP contribution < -0.4 is 5.73 Å². The molecule has 2 heterocycles. The Morgan fingerprint density at radius 3 is 1.71 bits per heavy atom. The van der Waals surface area contributed by atoms with Crippen molar-refractivity contribution in [3.8, 4) is 0 Å². The van der Waals surface area contributed by atoms with Gasteiger partial charge >= 0.3 is 19.8 Å². The fourth-order valence-electron chi connectivity index (χ4n) is 8.43. The number of esters is 2. The van der Waals surface area contributed by atoms with E-state index >= 15 is 0 Å². The molecule has 1 aromatic carbocycles. The molecule has 0 fully saturated rings. The van der Waals surface area contributed by atoms with Crippen LogP contribution in [-0.4, -0.2) is 57.3 Å². The number of nitrogen functional groups attached to an aromatic ring is 1. The van der Waals surface area contributed by atoms with Crippen LogP contribution in [0.3, 0.4) is 0 Å². The number of phosphoric ester groups is 1. The SMILES string of the molecule is CCCCCCCC/C=C/CCCCCCCC(=O)OC[C@H](COP(=O)(O)OCCn1c(CCCC)nc2c(N)nc3ccccc3c21)OC(=O)CCCCCCC/C=C/CCCCCCCC. The predicted octanol–water partition coefficient (Wildman–Crippen LogP) is 15.2. The number of carbonyl (C=O) groups is 2. The lowest BCUT2D eigenvalue weighted by Gasteiger charge is -2.20. The number of nitrogens with two attached hydrogens (primary N) is 1. The number of hydrogen-bond donors (Lipinski definition) is 2. The Morgan fingerprint density at radius 1 is 0.647 bits per heavy atom. The van der Waals surface area contributed by atoms with Gasteiger partial charge in [-0.25, -0.2) is 14.5 Å². The average Bonchev–Trinajstić information content (AvgIpc) is 3.70. The van der Waals surface area contributed by atoms with Crippen molar-refractivity contribution in [2.75, 3.05) is 25.6 Å². The molecule has 384 valence electrons. The number of fused-ring (bicyclic) bond motifs is 3. The standard InChI is InChI=1S/C55H91N4O8P/c1-4-7-10-12-14-16-18-20-22-24-26-28-30-32-34-41-51(60)64-45-47(67-52(61)42-35-33-31-29-27-25-23-21-19-17-15-13-11-8-5-2)46-66-68(62,63)65-44-43-59-50(40-9-6-3)58-53-54(59)48-38-36-37-39-49(48)57-55(53)56/h20-23,36-39,47H,4-19,24-35,40-46H2,1-3H3,(H2,56,57)(H,62,63)/b22-20+,23-21+/t47-/m1/s1. The lowest BCUT2D eigenvalue weighted by molar-refractivity contribution is -0.161. The van der Waals surface area contributed by atoms with Gasteiger partial charge in [-0.1, -0.05) is 172 Å². The minimum atomic E-state index is -4.62. The average molecular weight is 967 g/mol. The first-order chi connectivity index (χ1) is 33.2. The molecule has 0 saturated carbocycles. The summed E-state index contributed by atoms with van der Waals surface area (Å²) in [6, 6.07) is 7.66. The van der Waals surface area contributed by atoms with Gasteiger partial charge in [-0.15, -0.1) is 0 Å². The van der Waals surface area contributed by atoms with Crippen LogP contribution in [-0.2, 0) is 45.6 Å². The first-order valence-electron chi connectivity index (χ1n) is 27.0. The van der Waals surface area contributed by atoms with E-state index in [1.807, 2.05) is 28.8 Å². The number of para-hydroxylation sites is 1. The number of imidazole rings is 1. The molecule has 0 saturated heterocycles. The third-order valence-electron chi connectivity index (χ3n) is 12.4. The molecule has 0 radical (unpaired) electrons. The van der Waals surface area contributed by atoms with Crippen LogP contribution in [0.1, 0.15) is 219 Å². The number of carbonyl (C=O) groups excluding carboxylic acids is 2. The number of hydrogen-bond acceptors (Lipinski definition) is 10. The number of pyridine rings is 1. The number of nitrogens with zero attached hydrogens (tertiary/aromatic N) is 3. The smallest absolute Gasteiger partial charge is 0.462 e. The van der Waals surface area contributed by atoms with Crippen LogP contribution in [0.2, 0.25) is 0 Å². The van der Waals surface area contributed by atoms with Crippen molar-refractivity contribution in [3.63, 3.8) is 0 Å². The van der Waals surface area contributed by atoms with Crippen LogP contribution in [0.5, 0.6) is 0 Å². The van der Waals surface area contributed by atoms with Gasteiger partial charge < -0.3 is 24.7 Å². The van der Waals surface area contributed by atoms with E-state index < -0.39 is 32.5 Å². The summed E-state index contributed by atoms with van der Waals surface area (Å²) in [5.41, 5.74) is 8.44. The second-order valence-corrected chi connectivity index (χ2v) is 20.0. The van der Waals surface area contributed by atoms with Gasteiger partial charge in [0.2, 0.25) is 0 Å². The maximum absolute atomic E-state index is 13.3. The Balaban J connectivity index is 1.45. The van der Waals surface area contributed by atoms with E-state index in [0.29, 0.717) is 30.6 Å². The van der Waals surface area contributed by atoms with E-state index in [1.54, 1.807) is 0 Å². The van der Waals surface area contributed by atoms with Gasteiger partial charge in [0.1, 0.15) is 17.9 Å². The molecule has 0 aliphatic rings. The number of benzene rings is 1. The van der Waals surface area contributed by atoms with Crippen LogP contribution in [0.4, 0.5) is 5.82 Å². The molecule has 0 aliphatic heterocycles. The van der Waals surface area contributed by atoms with Crippen LogP contribution >= 0.6 is 7.82 Å². The Morgan fingerprint density at radius 2 is 1.15 bits per heavy atom. The summed E-state index contributed by atoms with van der Waals surface area (Å²) in [7, 11) is -4.62. The van der Waals surface area contributed by atoms with E-state index in [9.17, 15) is 19.0 Å². The molecule has 3 rings (SSSR count). The fourth-order valence-corrected chi connectivity index (χ4v) is 9.17. The highest BCUT2D eigenvalue weighted by Gasteiger charge is 2.27. The van der Waals surface area contributed by atoms with Crippen molar-refractivity contribution >= 4 is 47.5 Å². The number of aryl methyl sites for hydroxylation is 1. The summed E-state index contributed by atoms with van der Waals surface area (Å²) in [6.07, 6.45) is 41.3. The summed E-state index contributed by atoms with van der Waals surface area (Å²) in [4.78, 5) is 45.9. The lowest BCUT2D eigenvalue weighted by atomic mass is 10.1.